The van der Waals surface area contributed by atoms with Crippen molar-refractivity contribution in [2.45, 2.75) is 33.0 Å². The van der Waals surface area contributed by atoms with Crippen molar-refractivity contribution in [2.24, 2.45) is 0 Å². The summed E-state index contributed by atoms with van der Waals surface area (Å²) < 4.78 is 5.18. The molecule has 3 aromatic heterocycles. The summed E-state index contributed by atoms with van der Waals surface area (Å²) in [6, 6.07) is 0. The number of carbonyl (C=O) groups is 1. The van der Waals surface area contributed by atoms with E-state index in [1.807, 2.05) is 17.8 Å². The van der Waals surface area contributed by atoms with Crippen LogP contribution in [0.1, 0.15) is 18.9 Å². The molecular formula is C15H17BrN8O3. The normalized spacial score (nSPS) is 10.9. The smallest absolute Gasteiger partial charge is 0.358 e. The number of nitrogens with zero attached hydrogens (tertiary/aromatic N) is 7. The average molecular weight is 437 g/mol. The Hall–Kier alpha value is -3.02. The second-order valence-electron chi connectivity index (χ2n) is 5.75. The SMILES string of the molecule is CCn1cc(Cn2cc(NC(=O)CCn3cc(Br)c([N+](=O)[O-])n3)cn2)cn1. The molecule has 1 amide bonds. The lowest BCUT2D eigenvalue weighted by molar-refractivity contribution is -0.390. The molecule has 3 rings (SSSR count). The Morgan fingerprint density at radius 3 is 2.67 bits per heavy atom. The largest absolute Gasteiger partial charge is 0.404 e. The molecule has 0 aliphatic heterocycles. The summed E-state index contributed by atoms with van der Waals surface area (Å²) >= 11 is 3.07. The van der Waals surface area contributed by atoms with Crippen molar-refractivity contribution in [1.82, 2.24) is 29.3 Å². The minimum atomic E-state index is -0.584. The van der Waals surface area contributed by atoms with E-state index in [0.29, 0.717) is 12.2 Å². The summed E-state index contributed by atoms with van der Waals surface area (Å²) in [5.41, 5.74) is 1.60. The van der Waals surface area contributed by atoms with Gasteiger partial charge in [0.05, 0.1) is 42.5 Å². The Labute approximate surface area is 162 Å². The van der Waals surface area contributed by atoms with Crippen molar-refractivity contribution in [3.05, 3.63) is 51.1 Å². The summed E-state index contributed by atoms with van der Waals surface area (Å²) in [6.07, 6.45) is 8.62. The van der Waals surface area contributed by atoms with Crippen LogP contribution in [0.2, 0.25) is 0 Å². The molecule has 0 aromatic carbocycles. The van der Waals surface area contributed by atoms with Gasteiger partial charge < -0.3 is 15.4 Å². The standard InChI is InChI=1S/C15H17BrN8O3/c1-2-21-7-11(5-17-21)8-23-9-12(6-18-23)19-14(25)3-4-22-10-13(16)15(20-22)24(26)27/h5-7,9-10H,2-4,8H2,1H3,(H,19,25). The Morgan fingerprint density at radius 1 is 1.22 bits per heavy atom. The predicted octanol–water partition coefficient (Wildman–Crippen LogP) is 2.04. The molecule has 0 unspecified atom stereocenters. The van der Waals surface area contributed by atoms with E-state index >= 15 is 0 Å². The van der Waals surface area contributed by atoms with Crippen molar-refractivity contribution in [1.29, 1.82) is 0 Å². The fourth-order valence-corrected chi connectivity index (χ4v) is 2.89. The predicted molar refractivity (Wildman–Crippen MR) is 99.1 cm³/mol. The van der Waals surface area contributed by atoms with Gasteiger partial charge in [-0.3, -0.25) is 14.2 Å². The number of aryl methyl sites for hydroxylation is 2. The van der Waals surface area contributed by atoms with Crippen molar-refractivity contribution >= 4 is 33.3 Å². The minimum Gasteiger partial charge on any atom is -0.358 e. The first-order valence-electron chi connectivity index (χ1n) is 8.15. The molecule has 27 heavy (non-hydrogen) atoms. The third-order valence-electron chi connectivity index (χ3n) is 3.71. The van der Waals surface area contributed by atoms with Gasteiger partial charge in [-0.2, -0.15) is 14.9 Å². The first-order valence-corrected chi connectivity index (χ1v) is 8.95. The quantitative estimate of drug-likeness (QED) is 0.425. The number of amides is 1. The average Bonchev–Trinajstić information content (AvgIpc) is 3.34. The van der Waals surface area contributed by atoms with Crippen LogP contribution in [0.15, 0.2) is 35.5 Å². The number of rotatable bonds is 8. The number of anilines is 1. The van der Waals surface area contributed by atoms with Crippen LogP contribution in [-0.2, 0) is 24.4 Å². The van der Waals surface area contributed by atoms with Gasteiger partial charge in [-0.1, -0.05) is 0 Å². The van der Waals surface area contributed by atoms with Crippen LogP contribution in [-0.4, -0.2) is 40.2 Å². The van der Waals surface area contributed by atoms with Crippen molar-refractivity contribution in [2.75, 3.05) is 5.32 Å². The molecule has 11 nitrogen and oxygen atoms in total. The van der Waals surface area contributed by atoms with Gasteiger partial charge >= 0.3 is 5.82 Å². The summed E-state index contributed by atoms with van der Waals surface area (Å²) in [6.45, 7) is 3.60. The number of hydrogen-bond donors (Lipinski definition) is 1. The Bertz CT molecular complexity index is 960. The van der Waals surface area contributed by atoms with Crippen molar-refractivity contribution in [3.8, 4) is 0 Å². The third-order valence-corrected chi connectivity index (χ3v) is 4.27. The van der Waals surface area contributed by atoms with Crippen LogP contribution >= 0.6 is 15.9 Å². The molecule has 1 N–H and O–H groups in total. The van der Waals surface area contributed by atoms with Crippen LogP contribution in [0, 0.1) is 10.1 Å². The summed E-state index contributed by atoms with van der Waals surface area (Å²) in [7, 11) is 0. The first-order chi connectivity index (χ1) is 12.9. The topological polar surface area (TPSA) is 126 Å². The molecule has 0 spiro atoms. The van der Waals surface area contributed by atoms with Crippen LogP contribution < -0.4 is 5.32 Å². The molecule has 0 aliphatic rings. The summed E-state index contributed by atoms with van der Waals surface area (Å²) in [5.74, 6) is -0.509. The van der Waals surface area contributed by atoms with Gasteiger partial charge in [0.15, 0.2) is 0 Å². The lowest BCUT2D eigenvalue weighted by Gasteiger charge is -2.01. The fourth-order valence-electron chi connectivity index (χ4n) is 2.43. The van der Waals surface area contributed by atoms with Gasteiger partial charge in [0, 0.05) is 30.9 Å². The molecule has 3 aromatic rings. The Balaban J connectivity index is 1.51. The summed E-state index contributed by atoms with van der Waals surface area (Å²) in [5, 5.41) is 25.8. The maximum absolute atomic E-state index is 12.1. The zero-order chi connectivity index (χ0) is 19.4. The molecule has 0 saturated carbocycles. The highest BCUT2D eigenvalue weighted by Gasteiger charge is 2.18. The van der Waals surface area contributed by atoms with Gasteiger partial charge in [-0.05, 0) is 27.8 Å². The van der Waals surface area contributed by atoms with E-state index in [1.54, 1.807) is 23.3 Å². The zero-order valence-corrected chi connectivity index (χ0v) is 16.0. The van der Waals surface area contributed by atoms with Crippen LogP contribution in [0.3, 0.4) is 0 Å². The second kappa shape index (κ2) is 8.12. The maximum Gasteiger partial charge on any atom is 0.404 e. The summed E-state index contributed by atoms with van der Waals surface area (Å²) in [4.78, 5) is 22.3. The van der Waals surface area contributed by atoms with Gasteiger partial charge in [0.1, 0.15) is 4.47 Å². The number of halogens is 1. The lowest BCUT2D eigenvalue weighted by Crippen LogP contribution is -2.14. The molecule has 142 valence electrons. The number of carbonyl (C=O) groups excluding carboxylic acids is 1. The molecule has 0 saturated heterocycles. The Morgan fingerprint density at radius 2 is 2.00 bits per heavy atom. The molecule has 0 radical (unpaired) electrons. The number of nitrogens with one attached hydrogen (secondary N) is 1. The number of aromatic nitrogens is 6. The molecule has 0 aliphatic carbocycles. The van der Waals surface area contributed by atoms with E-state index in [9.17, 15) is 14.9 Å². The van der Waals surface area contributed by atoms with Gasteiger partial charge in [0.2, 0.25) is 5.91 Å². The fraction of sp³-hybridized carbons (Fsp3) is 0.333. The van der Waals surface area contributed by atoms with E-state index in [4.69, 9.17) is 0 Å². The Kier molecular flexibility index (Phi) is 5.64. The van der Waals surface area contributed by atoms with E-state index in [1.165, 1.54) is 10.9 Å². The van der Waals surface area contributed by atoms with E-state index in [-0.39, 0.29) is 29.2 Å². The molecule has 0 atom stereocenters. The molecule has 12 heteroatoms. The second-order valence-corrected chi connectivity index (χ2v) is 6.60. The third kappa shape index (κ3) is 4.78. The van der Waals surface area contributed by atoms with Crippen molar-refractivity contribution in [3.63, 3.8) is 0 Å². The monoisotopic (exact) mass is 436 g/mol. The van der Waals surface area contributed by atoms with Gasteiger partial charge in [0.25, 0.3) is 0 Å². The zero-order valence-electron chi connectivity index (χ0n) is 14.4. The molecular weight excluding hydrogens is 420 g/mol. The highest BCUT2D eigenvalue weighted by atomic mass is 79.9. The van der Waals surface area contributed by atoms with Gasteiger partial charge in [-0.15, -0.1) is 0 Å². The highest BCUT2D eigenvalue weighted by molar-refractivity contribution is 9.10. The van der Waals surface area contributed by atoms with Gasteiger partial charge in [-0.25, -0.2) is 0 Å². The highest BCUT2D eigenvalue weighted by Crippen LogP contribution is 2.22. The molecule has 0 fully saturated rings. The van der Waals surface area contributed by atoms with E-state index in [2.05, 4.69) is 36.5 Å². The molecule has 0 bridgehead atoms. The maximum atomic E-state index is 12.1. The first kappa shape index (κ1) is 18.8. The van der Waals surface area contributed by atoms with Crippen LogP contribution in [0.4, 0.5) is 11.5 Å². The van der Waals surface area contributed by atoms with Crippen molar-refractivity contribution < 1.29 is 9.72 Å². The minimum absolute atomic E-state index is 0.125. The number of hydrogen-bond acceptors (Lipinski definition) is 6. The van der Waals surface area contributed by atoms with Crippen LogP contribution in [0.25, 0.3) is 0 Å². The van der Waals surface area contributed by atoms with E-state index in [0.717, 1.165) is 12.1 Å². The lowest BCUT2D eigenvalue weighted by atomic mass is 10.3. The number of nitro groups is 1. The molecule has 3 heterocycles. The van der Waals surface area contributed by atoms with Crippen LogP contribution in [0.5, 0.6) is 0 Å². The van der Waals surface area contributed by atoms with E-state index < -0.39 is 4.92 Å².